The number of aliphatic hydroxyl groups excluding tert-OH is 1. The van der Waals surface area contributed by atoms with Crippen LogP contribution in [0.4, 0.5) is 10.5 Å². The minimum absolute atomic E-state index is 0.205. The molecule has 2 atom stereocenters. The van der Waals surface area contributed by atoms with Gasteiger partial charge in [0.2, 0.25) is 0 Å². The lowest BCUT2D eigenvalue weighted by atomic mass is 10.0. The smallest absolute Gasteiger partial charge is 0.319 e. The van der Waals surface area contributed by atoms with Crippen molar-refractivity contribution in [2.45, 2.75) is 46.1 Å². The Morgan fingerprint density at radius 3 is 2.55 bits per heavy atom. The summed E-state index contributed by atoms with van der Waals surface area (Å²) in [5.74, 6) is 0.689. The molecule has 20 heavy (non-hydrogen) atoms. The largest absolute Gasteiger partial charge is 0.393 e. The zero-order chi connectivity index (χ0) is 15.1. The van der Waals surface area contributed by atoms with E-state index >= 15 is 0 Å². The van der Waals surface area contributed by atoms with Gasteiger partial charge < -0.3 is 15.7 Å². The van der Waals surface area contributed by atoms with Crippen LogP contribution in [0.15, 0.2) is 24.3 Å². The molecule has 1 aromatic carbocycles. The minimum Gasteiger partial charge on any atom is -0.393 e. The van der Waals surface area contributed by atoms with E-state index in [9.17, 15) is 9.90 Å². The summed E-state index contributed by atoms with van der Waals surface area (Å²) in [7, 11) is 0. The number of rotatable bonds is 6. The van der Waals surface area contributed by atoms with E-state index in [2.05, 4.69) is 30.5 Å². The summed E-state index contributed by atoms with van der Waals surface area (Å²) in [6.45, 7) is 8.56. The van der Waals surface area contributed by atoms with Crippen LogP contribution >= 0.6 is 0 Å². The molecule has 1 aromatic rings. The molecule has 0 aliphatic heterocycles. The average Bonchev–Trinajstić information content (AvgIpc) is 2.36. The van der Waals surface area contributed by atoms with Gasteiger partial charge in [-0.1, -0.05) is 32.9 Å². The number of urea groups is 1. The summed E-state index contributed by atoms with van der Waals surface area (Å²) in [4.78, 5) is 11.8. The molecule has 0 aliphatic carbocycles. The standard InChI is InChI=1S/C16H26N2O2/c1-11(2)14-6-5-7-15(9-14)18-16(20)17-10-12(3)8-13(4)19/h5-7,9,11-13,19H,8,10H2,1-4H3,(H2,17,18,20). The molecule has 3 N–H and O–H groups in total. The van der Waals surface area contributed by atoms with Gasteiger partial charge in [-0.25, -0.2) is 4.79 Å². The van der Waals surface area contributed by atoms with E-state index < -0.39 is 0 Å². The van der Waals surface area contributed by atoms with Gasteiger partial charge in [0.15, 0.2) is 0 Å². The molecule has 0 fully saturated rings. The van der Waals surface area contributed by atoms with E-state index in [4.69, 9.17) is 0 Å². The Morgan fingerprint density at radius 1 is 1.25 bits per heavy atom. The average molecular weight is 278 g/mol. The third-order valence-corrected chi connectivity index (χ3v) is 3.17. The van der Waals surface area contributed by atoms with Crippen LogP contribution in [0.1, 0.15) is 45.6 Å². The van der Waals surface area contributed by atoms with Crippen molar-refractivity contribution in [1.29, 1.82) is 0 Å². The number of benzene rings is 1. The number of carbonyl (C=O) groups excluding carboxylic acids is 1. The van der Waals surface area contributed by atoms with Gasteiger partial charge in [0, 0.05) is 12.2 Å². The highest BCUT2D eigenvalue weighted by Crippen LogP contribution is 2.18. The molecular weight excluding hydrogens is 252 g/mol. The number of anilines is 1. The molecule has 0 radical (unpaired) electrons. The van der Waals surface area contributed by atoms with Gasteiger partial charge in [0.25, 0.3) is 0 Å². The Labute approximate surface area is 121 Å². The van der Waals surface area contributed by atoms with Crippen LogP contribution in [-0.2, 0) is 0 Å². The first-order valence-corrected chi connectivity index (χ1v) is 7.21. The maximum absolute atomic E-state index is 11.8. The van der Waals surface area contributed by atoms with Crippen molar-refractivity contribution in [1.82, 2.24) is 5.32 Å². The third kappa shape index (κ3) is 6.06. The van der Waals surface area contributed by atoms with Crippen LogP contribution in [0, 0.1) is 5.92 Å². The Morgan fingerprint density at radius 2 is 1.95 bits per heavy atom. The molecular formula is C16H26N2O2. The van der Waals surface area contributed by atoms with Crippen LogP contribution in [0.2, 0.25) is 0 Å². The number of hydrogen-bond donors (Lipinski definition) is 3. The number of aliphatic hydroxyl groups is 1. The predicted molar refractivity (Wildman–Crippen MR) is 83.0 cm³/mol. The Kier molecular flexibility index (Phi) is 6.52. The summed E-state index contributed by atoms with van der Waals surface area (Å²) < 4.78 is 0. The van der Waals surface area contributed by atoms with Crippen LogP contribution in [0.3, 0.4) is 0 Å². The summed E-state index contributed by atoms with van der Waals surface area (Å²) >= 11 is 0. The van der Waals surface area contributed by atoms with Gasteiger partial charge in [-0.15, -0.1) is 0 Å². The van der Waals surface area contributed by atoms with Crippen molar-refractivity contribution < 1.29 is 9.90 Å². The second kappa shape index (κ2) is 7.90. The van der Waals surface area contributed by atoms with E-state index in [0.29, 0.717) is 18.9 Å². The molecule has 4 heteroatoms. The first-order chi connectivity index (χ1) is 9.38. The SMILES string of the molecule is CC(O)CC(C)CNC(=O)Nc1cccc(C(C)C)c1. The molecule has 0 saturated carbocycles. The Hall–Kier alpha value is -1.55. The highest BCUT2D eigenvalue weighted by atomic mass is 16.3. The highest BCUT2D eigenvalue weighted by Gasteiger charge is 2.08. The van der Waals surface area contributed by atoms with E-state index in [-0.39, 0.29) is 18.1 Å². The summed E-state index contributed by atoms with van der Waals surface area (Å²) in [6, 6.07) is 7.66. The molecule has 0 spiro atoms. The molecule has 0 aromatic heterocycles. The number of amides is 2. The first-order valence-electron chi connectivity index (χ1n) is 7.21. The van der Waals surface area contributed by atoms with E-state index in [1.807, 2.05) is 25.1 Å². The van der Waals surface area contributed by atoms with Gasteiger partial charge in [-0.3, -0.25) is 0 Å². The van der Waals surface area contributed by atoms with Gasteiger partial charge in [-0.2, -0.15) is 0 Å². The second-order valence-corrected chi connectivity index (χ2v) is 5.81. The lowest BCUT2D eigenvalue weighted by Crippen LogP contribution is -2.33. The highest BCUT2D eigenvalue weighted by molar-refractivity contribution is 5.89. The van der Waals surface area contributed by atoms with E-state index in [1.165, 1.54) is 5.56 Å². The number of nitrogens with one attached hydrogen (secondary N) is 2. The molecule has 4 nitrogen and oxygen atoms in total. The first kappa shape index (κ1) is 16.5. The maximum atomic E-state index is 11.8. The predicted octanol–water partition coefficient (Wildman–Crippen LogP) is 3.34. The summed E-state index contributed by atoms with van der Waals surface area (Å²) in [6.07, 6.45) is 0.348. The molecule has 1 rings (SSSR count). The van der Waals surface area contributed by atoms with Gasteiger partial charge in [0.05, 0.1) is 6.10 Å². The lowest BCUT2D eigenvalue weighted by Gasteiger charge is -2.15. The maximum Gasteiger partial charge on any atom is 0.319 e. The molecule has 0 saturated heterocycles. The molecule has 112 valence electrons. The molecule has 2 amide bonds. The van der Waals surface area contributed by atoms with Gasteiger partial charge >= 0.3 is 6.03 Å². The lowest BCUT2D eigenvalue weighted by molar-refractivity contribution is 0.163. The van der Waals surface area contributed by atoms with Crippen molar-refractivity contribution in [3.63, 3.8) is 0 Å². The van der Waals surface area contributed by atoms with Gasteiger partial charge in [0.1, 0.15) is 0 Å². The summed E-state index contributed by atoms with van der Waals surface area (Å²) in [5.41, 5.74) is 2.00. The number of carbonyl (C=O) groups is 1. The fourth-order valence-electron chi connectivity index (χ4n) is 2.08. The van der Waals surface area contributed by atoms with Crippen LogP contribution in [0.25, 0.3) is 0 Å². The molecule has 2 unspecified atom stereocenters. The Balaban J connectivity index is 2.44. The van der Waals surface area contributed by atoms with Crippen molar-refractivity contribution in [2.24, 2.45) is 5.92 Å². The molecule has 0 heterocycles. The van der Waals surface area contributed by atoms with E-state index in [1.54, 1.807) is 6.92 Å². The molecule has 0 aliphatic rings. The van der Waals surface area contributed by atoms with Gasteiger partial charge in [-0.05, 0) is 42.9 Å². The summed E-state index contributed by atoms with van der Waals surface area (Å²) in [5, 5.41) is 14.9. The van der Waals surface area contributed by atoms with Crippen molar-refractivity contribution in [2.75, 3.05) is 11.9 Å². The fraction of sp³-hybridized carbons (Fsp3) is 0.562. The van der Waals surface area contributed by atoms with Crippen molar-refractivity contribution in [3.8, 4) is 0 Å². The van der Waals surface area contributed by atoms with E-state index in [0.717, 1.165) is 5.69 Å². The number of hydrogen-bond acceptors (Lipinski definition) is 2. The van der Waals surface area contributed by atoms with Crippen LogP contribution < -0.4 is 10.6 Å². The topological polar surface area (TPSA) is 61.4 Å². The fourth-order valence-corrected chi connectivity index (χ4v) is 2.08. The van der Waals surface area contributed by atoms with Crippen molar-refractivity contribution in [3.05, 3.63) is 29.8 Å². The quantitative estimate of drug-likeness (QED) is 0.747. The monoisotopic (exact) mass is 278 g/mol. The van der Waals surface area contributed by atoms with Crippen molar-refractivity contribution >= 4 is 11.7 Å². The normalized spacial score (nSPS) is 13.9. The zero-order valence-corrected chi connectivity index (χ0v) is 12.8. The van der Waals surface area contributed by atoms with Crippen LogP contribution in [-0.4, -0.2) is 23.8 Å². The molecule has 0 bridgehead atoms. The minimum atomic E-state index is -0.336. The Bertz CT molecular complexity index is 430. The third-order valence-electron chi connectivity index (χ3n) is 3.17. The second-order valence-electron chi connectivity index (χ2n) is 5.81. The zero-order valence-electron chi connectivity index (χ0n) is 12.8. The van der Waals surface area contributed by atoms with Crippen LogP contribution in [0.5, 0.6) is 0 Å².